The molecule has 1 fully saturated rings. The van der Waals surface area contributed by atoms with E-state index in [9.17, 15) is 9.59 Å². The summed E-state index contributed by atoms with van der Waals surface area (Å²) in [5, 5.41) is 1.98. The van der Waals surface area contributed by atoms with Crippen LogP contribution in [-0.4, -0.2) is 71.2 Å². The lowest BCUT2D eigenvalue weighted by molar-refractivity contribution is -0.132. The molecule has 0 bridgehead atoms. The van der Waals surface area contributed by atoms with Crippen molar-refractivity contribution < 1.29 is 9.59 Å². The first-order valence-corrected chi connectivity index (χ1v) is 16.2. The van der Waals surface area contributed by atoms with E-state index < -0.39 is 0 Å². The van der Waals surface area contributed by atoms with Crippen LogP contribution in [0.3, 0.4) is 0 Å². The van der Waals surface area contributed by atoms with Crippen LogP contribution >= 0.6 is 11.3 Å². The van der Waals surface area contributed by atoms with Crippen molar-refractivity contribution in [2.45, 2.75) is 45.6 Å². The third kappa shape index (κ3) is 6.52. The fourth-order valence-corrected chi connectivity index (χ4v) is 7.98. The number of anilines is 1. The molecule has 9 heteroatoms. The lowest BCUT2D eigenvalue weighted by Gasteiger charge is -2.35. The highest BCUT2D eigenvalue weighted by Gasteiger charge is 2.29. The maximum absolute atomic E-state index is 13.4. The Bertz CT molecular complexity index is 1720. The van der Waals surface area contributed by atoms with Gasteiger partial charge in [0.05, 0.1) is 13.1 Å². The summed E-state index contributed by atoms with van der Waals surface area (Å²) in [4.78, 5) is 47.8. The minimum atomic E-state index is 0.0245. The zero-order valence-corrected chi connectivity index (χ0v) is 26.3. The van der Waals surface area contributed by atoms with Gasteiger partial charge in [0.15, 0.2) is 5.78 Å². The summed E-state index contributed by atoms with van der Waals surface area (Å²) in [6, 6.07) is 15.7. The van der Waals surface area contributed by atoms with Gasteiger partial charge in [-0.15, -0.1) is 0 Å². The molecule has 1 unspecified atom stereocenters. The molecule has 44 heavy (non-hydrogen) atoms. The van der Waals surface area contributed by atoms with E-state index in [4.69, 9.17) is 6.57 Å². The Balaban J connectivity index is 1.05. The quantitative estimate of drug-likeness (QED) is 0.169. The number of piperidine rings is 1. The number of carbonyl (C=O) groups excluding carboxylic acids is 2. The predicted molar refractivity (Wildman–Crippen MR) is 176 cm³/mol. The van der Waals surface area contributed by atoms with E-state index in [0.717, 1.165) is 70.3 Å². The number of likely N-dealkylation sites (tertiary alicyclic amines) is 1. The minimum absolute atomic E-state index is 0.0245. The van der Waals surface area contributed by atoms with Gasteiger partial charge in [-0.2, -0.15) is 11.3 Å². The number of nitrogens with zero attached hydrogens (tertiary/aromatic N) is 6. The van der Waals surface area contributed by atoms with Gasteiger partial charge in [0.1, 0.15) is 11.6 Å². The van der Waals surface area contributed by atoms with Crippen LogP contribution in [-0.2, 0) is 24.2 Å². The molecule has 2 aliphatic rings. The summed E-state index contributed by atoms with van der Waals surface area (Å²) in [5.74, 6) is 2.45. The highest BCUT2D eigenvalue weighted by molar-refractivity contribution is 7.13. The smallest absolute Gasteiger partial charge is 0.224 e. The van der Waals surface area contributed by atoms with Crippen molar-refractivity contribution in [3.8, 4) is 0 Å². The number of hydrogen-bond donors (Lipinski definition) is 0. The summed E-state index contributed by atoms with van der Waals surface area (Å²) in [5.41, 5.74) is 2.33. The summed E-state index contributed by atoms with van der Waals surface area (Å²) in [6.07, 6.45) is 5.49. The fraction of sp³-hybridized carbons (Fsp3) is 0.400. The van der Waals surface area contributed by atoms with Crippen LogP contribution in [0.2, 0.25) is 0 Å². The molecular weight excluding hydrogens is 568 g/mol. The predicted octanol–water partition coefficient (Wildman–Crippen LogP) is 6.10. The van der Waals surface area contributed by atoms with Crippen LogP contribution in [0, 0.1) is 19.4 Å². The summed E-state index contributed by atoms with van der Waals surface area (Å²) in [6.45, 7) is 14.6. The zero-order valence-electron chi connectivity index (χ0n) is 25.5. The molecule has 2 aromatic carbocycles. The van der Waals surface area contributed by atoms with Crippen LogP contribution in [0.4, 0.5) is 11.5 Å². The Hall–Kier alpha value is -4.13. The molecule has 2 aliphatic heterocycles. The molecule has 2 aromatic heterocycles. The molecule has 1 amide bonds. The van der Waals surface area contributed by atoms with Crippen molar-refractivity contribution in [2.24, 2.45) is 5.92 Å². The van der Waals surface area contributed by atoms with Gasteiger partial charge in [-0.05, 0) is 61.1 Å². The van der Waals surface area contributed by atoms with E-state index in [1.54, 1.807) is 0 Å². The highest BCUT2D eigenvalue weighted by atomic mass is 32.1. The number of hydrogen-bond acceptors (Lipinski definition) is 7. The van der Waals surface area contributed by atoms with E-state index in [0.29, 0.717) is 43.1 Å². The zero-order chi connectivity index (χ0) is 30.6. The SMILES string of the molecule is [C-]#[N+]c1c(CC(=O)c2cccc3ccccc23)sc2c1CCN(C(=O)CCN1CCCC(CN(C)c3ccnc(C)n3)C1)C2. The van der Waals surface area contributed by atoms with E-state index in [1.165, 1.54) is 17.8 Å². The van der Waals surface area contributed by atoms with Crippen molar-refractivity contribution in [3.05, 3.63) is 92.9 Å². The van der Waals surface area contributed by atoms with Crippen molar-refractivity contribution in [3.63, 3.8) is 0 Å². The second-order valence-electron chi connectivity index (χ2n) is 12.0. The van der Waals surface area contributed by atoms with E-state index in [1.807, 2.05) is 66.6 Å². The lowest BCUT2D eigenvalue weighted by Crippen LogP contribution is -2.42. The molecule has 226 valence electrons. The van der Waals surface area contributed by atoms with Gasteiger partial charge in [-0.25, -0.2) is 14.8 Å². The summed E-state index contributed by atoms with van der Waals surface area (Å²) < 4.78 is 0. The molecule has 0 radical (unpaired) electrons. The van der Waals surface area contributed by atoms with Gasteiger partial charge in [-0.1, -0.05) is 42.5 Å². The fourth-order valence-electron chi connectivity index (χ4n) is 6.67. The average Bonchev–Trinajstić information content (AvgIpc) is 3.39. The number of aryl methyl sites for hydroxylation is 1. The molecule has 4 heterocycles. The maximum Gasteiger partial charge on any atom is 0.224 e. The van der Waals surface area contributed by atoms with Crippen LogP contribution in [0.25, 0.3) is 15.6 Å². The van der Waals surface area contributed by atoms with Crippen molar-refractivity contribution in [1.29, 1.82) is 0 Å². The number of fused-ring (bicyclic) bond motifs is 2. The lowest BCUT2D eigenvalue weighted by atomic mass is 9.97. The molecule has 0 spiro atoms. The number of ketones is 1. The number of thiophene rings is 1. The van der Waals surface area contributed by atoms with E-state index in [-0.39, 0.29) is 18.1 Å². The number of amides is 1. The first-order chi connectivity index (χ1) is 21.4. The molecule has 0 aliphatic carbocycles. The van der Waals surface area contributed by atoms with Crippen LogP contribution in [0.1, 0.15) is 50.8 Å². The maximum atomic E-state index is 13.4. The van der Waals surface area contributed by atoms with Crippen molar-refractivity contribution in [2.75, 3.05) is 44.7 Å². The van der Waals surface area contributed by atoms with Gasteiger partial charge in [0.2, 0.25) is 11.6 Å². The van der Waals surface area contributed by atoms with Crippen LogP contribution < -0.4 is 4.90 Å². The third-order valence-corrected chi connectivity index (χ3v) is 10.1. The van der Waals surface area contributed by atoms with Crippen LogP contribution in [0.5, 0.6) is 0 Å². The third-order valence-electron chi connectivity index (χ3n) is 8.90. The molecule has 0 saturated carbocycles. The summed E-state index contributed by atoms with van der Waals surface area (Å²) >= 11 is 1.53. The Morgan fingerprint density at radius 1 is 1.14 bits per heavy atom. The minimum Gasteiger partial charge on any atom is -0.359 e. The Morgan fingerprint density at radius 2 is 1.98 bits per heavy atom. The Kier molecular flexibility index (Phi) is 9.01. The Labute approximate surface area is 263 Å². The summed E-state index contributed by atoms with van der Waals surface area (Å²) in [7, 11) is 2.09. The number of benzene rings is 2. The van der Waals surface area contributed by atoms with Gasteiger partial charge in [0.25, 0.3) is 0 Å². The normalized spacial score (nSPS) is 16.8. The average molecular weight is 607 g/mol. The van der Waals surface area contributed by atoms with Gasteiger partial charge >= 0.3 is 0 Å². The molecule has 1 atom stereocenters. The molecule has 8 nitrogen and oxygen atoms in total. The molecule has 6 rings (SSSR count). The van der Waals surface area contributed by atoms with Gasteiger partial charge < -0.3 is 14.7 Å². The topological polar surface area (TPSA) is 74.0 Å². The van der Waals surface area contributed by atoms with Crippen molar-refractivity contribution in [1.82, 2.24) is 19.8 Å². The largest absolute Gasteiger partial charge is 0.359 e. The number of carbonyl (C=O) groups is 2. The number of aromatic nitrogens is 2. The first kappa shape index (κ1) is 29.9. The van der Waals surface area contributed by atoms with Gasteiger partial charge in [0, 0.05) is 67.6 Å². The Morgan fingerprint density at radius 3 is 2.82 bits per heavy atom. The highest BCUT2D eigenvalue weighted by Crippen LogP contribution is 2.40. The second-order valence-corrected chi connectivity index (χ2v) is 13.2. The number of rotatable bonds is 9. The van der Waals surface area contributed by atoms with Gasteiger partial charge in [-0.3, -0.25) is 9.59 Å². The second kappa shape index (κ2) is 13.2. The van der Waals surface area contributed by atoms with E-state index in [2.05, 4.69) is 31.7 Å². The van der Waals surface area contributed by atoms with Crippen molar-refractivity contribution >= 4 is 45.3 Å². The standard InChI is InChI=1S/C35H38N6O2S/c1-24-37-16-13-33(38-24)39(3)21-25-8-7-17-40(22-25)18-15-34(43)41-19-14-29-32(23-41)44-31(35(29)36-2)20-30(42)28-12-6-10-26-9-4-5-11-27(26)28/h4-6,9-13,16,25H,7-8,14-15,17-23H2,1,3H3. The van der Waals surface area contributed by atoms with Crippen LogP contribution in [0.15, 0.2) is 54.7 Å². The van der Waals surface area contributed by atoms with E-state index >= 15 is 0 Å². The first-order valence-electron chi connectivity index (χ1n) is 15.4. The molecule has 4 aromatic rings. The monoisotopic (exact) mass is 606 g/mol. The molecule has 0 N–H and O–H groups in total. The molecular formula is C35H38N6O2S. The number of Topliss-reactive ketones (excluding diaryl/α,β-unsaturated/α-hetero) is 1. The molecule has 1 saturated heterocycles.